The first kappa shape index (κ1) is 50.6. The van der Waals surface area contributed by atoms with Crippen molar-refractivity contribution in [2.45, 2.75) is 187 Å². The molecule has 57 heavy (non-hydrogen) atoms. The standard InChI is InChI=1S/C45H76NO10P/c1-5-7-8-9-10-11-15-18-23-29-42-43(56-42)30-24-20-21-26-32-45(48)54-39(36-53-57(49,50)52-34-33-46)35-51-44(47)31-25-19-16-13-12-14-17-22-28-41-38(4)37(3)40(55-41)27-6-2/h10-11,18,20,23-24,39,42-43H,5-9,12-17,19,21-22,25-36,46H2,1-4H3,(H,49,50)/b11-10-,23-18-,24-20-/t39-,42?,43?/m1/s1. The van der Waals surface area contributed by atoms with Gasteiger partial charge in [-0.1, -0.05) is 102 Å². The molecule has 3 N–H and O–H groups in total. The van der Waals surface area contributed by atoms with Gasteiger partial charge >= 0.3 is 19.8 Å². The lowest BCUT2D eigenvalue weighted by Crippen LogP contribution is -2.29. The molecule has 4 atom stereocenters. The van der Waals surface area contributed by atoms with Gasteiger partial charge in [-0.3, -0.25) is 18.6 Å². The van der Waals surface area contributed by atoms with Gasteiger partial charge in [-0.2, -0.15) is 0 Å². The van der Waals surface area contributed by atoms with E-state index in [1.165, 1.54) is 49.7 Å². The van der Waals surface area contributed by atoms with Crippen LogP contribution in [0.1, 0.15) is 165 Å². The van der Waals surface area contributed by atoms with Crippen molar-refractivity contribution < 1.29 is 46.7 Å². The van der Waals surface area contributed by atoms with Crippen LogP contribution in [-0.2, 0) is 50.3 Å². The number of furan rings is 1. The molecule has 12 heteroatoms. The molecule has 1 aliphatic rings. The minimum atomic E-state index is -4.41. The van der Waals surface area contributed by atoms with E-state index in [-0.39, 0.29) is 44.8 Å². The molecule has 1 aromatic rings. The molecule has 1 aromatic heterocycles. The van der Waals surface area contributed by atoms with E-state index >= 15 is 0 Å². The largest absolute Gasteiger partial charge is 0.472 e. The van der Waals surface area contributed by atoms with Crippen LogP contribution in [0.2, 0.25) is 0 Å². The van der Waals surface area contributed by atoms with E-state index in [9.17, 15) is 19.0 Å². The quantitative estimate of drug-likeness (QED) is 0.0218. The molecule has 0 bridgehead atoms. The van der Waals surface area contributed by atoms with Crippen LogP contribution in [0.5, 0.6) is 0 Å². The molecule has 0 saturated carbocycles. The molecule has 0 aliphatic carbocycles. The number of aryl methyl sites for hydroxylation is 2. The minimum absolute atomic E-state index is 0.0350. The van der Waals surface area contributed by atoms with Crippen molar-refractivity contribution in [2.24, 2.45) is 5.73 Å². The summed E-state index contributed by atoms with van der Waals surface area (Å²) in [7, 11) is -4.41. The van der Waals surface area contributed by atoms with Crippen molar-refractivity contribution in [2.75, 3.05) is 26.4 Å². The lowest BCUT2D eigenvalue weighted by molar-refractivity contribution is -0.161. The van der Waals surface area contributed by atoms with E-state index in [1.807, 2.05) is 6.08 Å². The van der Waals surface area contributed by atoms with Gasteiger partial charge in [0.15, 0.2) is 6.10 Å². The Bertz CT molecular complexity index is 1370. The first-order chi connectivity index (χ1) is 27.6. The van der Waals surface area contributed by atoms with Gasteiger partial charge < -0.3 is 29.3 Å². The lowest BCUT2D eigenvalue weighted by Gasteiger charge is -2.19. The summed E-state index contributed by atoms with van der Waals surface area (Å²) >= 11 is 0. The van der Waals surface area contributed by atoms with Crippen LogP contribution in [0.3, 0.4) is 0 Å². The number of phosphoric ester groups is 1. The highest BCUT2D eigenvalue weighted by Crippen LogP contribution is 2.43. The molecule has 0 radical (unpaired) electrons. The Labute approximate surface area is 344 Å². The summed E-state index contributed by atoms with van der Waals surface area (Å²) in [5, 5.41) is 0. The van der Waals surface area contributed by atoms with Crippen LogP contribution >= 0.6 is 7.82 Å². The summed E-state index contributed by atoms with van der Waals surface area (Å²) in [6, 6.07) is 0. The number of hydrogen-bond donors (Lipinski definition) is 2. The number of epoxide rings is 1. The number of phosphoric acid groups is 1. The molecule has 1 saturated heterocycles. The van der Waals surface area contributed by atoms with E-state index in [1.54, 1.807) is 0 Å². The number of nitrogens with two attached hydrogens (primary N) is 1. The highest BCUT2D eigenvalue weighted by Gasteiger charge is 2.36. The molecule has 3 unspecified atom stereocenters. The molecule has 0 aromatic carbocycles. The Balaban J connectivity index is 1.59. The molecule has 1 fully saturated rings. The van der Waals surface area contributed by atoms with E-state index in [0.717, 1.165) is 82.1 Å². The smallest absolute Gasteiger partial charge is 0.466 e. The fourth-order valence-electron chi connectivity index (χ4n) is 6.48. The molecule has 0 amide bonds. The molecule has 326 valence electrons. The second-order valence-electron chi connectivity index (χ2n) is 15.2. The summed E-state index contributed by atoms with van der Waals surface area (Å²) in [6.07, 6.45) is 33.4. The summed E-state index contributed by atoms with van der Waals surface area (Å²) < 4.78 is 44.7. The van der Waals surface area contributed by atoms with Crippen molar-refractivity contribution in [1.29, 1.82) is 0 Å². The van der Waals surface area contributed by atoms with E-state index in [0.29, 0.717) is 19.3 Å². The second kappa shape index (κ2) is 31.4. The fraction of sp³-hybridized carbons (Fsp3) is 0.733. The number of ether oxygens (including phenoxy) is 3. The molecule has 0 spiro atoms. The van der Waals surface area contributed by atoms with Gasteiger partial charge in [0.05, 0.1) is 25.4 Å². The fourth-order valence-corrected chi connectivity index (χ4v) is 7.24. The Morgan fingerprint density at radius 1 is 0.719 bits per heavy atom. The van der Waals surface area contributed by atoms with Gasteiger partial charge in [0.25, 0.3) is 0 Å². The van der Waals surface area contributed by atoms with Crippen LogP contribution in [0.25, 0.3) is 0 Å². The molecular weight excluding hydrogens is 745 g/mol. The normalized spacial score (nSPS) is 17.2. The Morgan fingerprint density at radius 2 is 1.32 bits per heavy atom. The van der Waals surface area contributed by atoms with Crippen molar-refractivity contribution in [3.8, 4) is 0 Å². The van der Waals surface area contributed by atoms with Crippen molar-refractivity contribution in [3.63, 3.8) is 0 Å². The minimum Gasteiger partial charge on any atom is -0.466 e. The van der Waals surface area contributed by atoms with Crippen LogP contribution < -0.4 is 5.73 Å². The molecule has 2 rings (SSSR count). The second-order valence-corrected chi connectivity index (χ2v) is 16.6. The SMILES string of the molecule is CCCCC/C=C\C/C=C\CC1OC1C/C=C\CCCC(=O)O[C@H](COC(=O)CCCCCCCCCCc1oc(CCC)c(C)c1C)COP(=O)(O)OCCN. The van der Waals surface area contributed by atoms with Gasteiger partial charge in [0.1, 0.15) is 18.1 Å². The van der Waals surface area contributed by atoms with Crippen LogP contribution in [0, 0.1) is 13.8 Å². The van der Waals surface area contributed by atoms with E-state index < -0.39 is 32.5 Å². The molecule has 2 heterocycles. The zero-order valence-corrected chi connectivity index (χ0v) is 36.6. The maximum absolute atomic E-state index is 12.6. The average molecular weight is 822 g/mol. The molecular formula is C45H76NO10P. The number of unbranched alkanes of at least 4 members (excludes halogenated alkanes) is 11. The average Bonchev–Trinajstić information content (AvgIpc) is 3.89. The maximum atomic E-state index is 12.6. The Hall–Kier alpha value is -2.53. The van der Waals surface area contributed by atoms with Crippen molar-refractivity contribution in [1.82, 2.24) is 0 Å². The van der Waals surface area contributed by atoms with Gasteiger partial charge in [-0.05, 0) is 89.2 Å². The van der Waals surface area contributed by atoms with E-state index in [4.69, 9.17) is 33.4 Å². The van der Waals surface area contributed by atoms with Crippen LogP contribution in [0.4, 0.5) is 0 Å². The highest BCUT2D eigenvalue weighted by molar-refractivity contribution is 7.47. The summed E-state index contributed by atoms with van der Waals surface area (Å²) in [6.45, 7) is 7.83. The third-order valence-corrected chi connectivity index (χ3v) is 11.1. The Kier molecular flexibility index (Phi) is 27.9. The number of carbonyl (C=O) groups excluding carboxylic acids is 2. The Morgan fingerprint density at radius 3 is 2.00 bits per heavy atom. The van der Waals surface area contributed by atoms with Gasteiger partial charge in [-0.25, -0.2) is 4.57 Å². The number of allylic oxidation sites excluding steroid dienone is 4. The third-order valence-electron chi connectivity index (χ3n) is 10.1. The third kappa shape index (κ3) is 24.9. The zero-order chi connectivity index (χ0) is 41.6. The van der Waals surface area contributed by atoms with Gasteiger partial charge in [0.2, 0.25) is 0 Å². The number of carbonyl (C=O) groups is 2. The van der Waals surface area contributed by atoms with Gasteiger partial charge in [0, 0.05) is 32.2 Å². The highest BCUT2D eigenvalue weighted by atomic mass is 31.2. The zero-order valence-electron chi connectivity index (χ0n) is 35.7. The van der Waals surface area contributed by atoms with Crippen LogP contribution in [0.15, 0.2) is 40.9 Å². The molecule has 11 nitrogen and oxygen atoms in total. The van der Waals surface area contributed by atoms with Gasteiger partial charge in [-0.15, -0.1) is 0 Å². The topological polar surface area (TPSA) is 160 Å². The predicted molar refractivity (Wildman–Crippen MR) is 227 cm³/mol. The monoisotopic (exact) mass is 822 g/mol. The first-order valence-electron chi connectivity index (χ1n) is 21.9. The number of rotatable bonds is 36. The van der Waals surface area contributed by atoms with E-state index in [2.05, 4.69) is 58.1 Å². The van der Waals surface area contributed by atoms with Crippen LogP contribution in [-0.4, -0.2) is 61.5 Å². The lowest BCUT2D eigenvalue weighted by atomic mass is 10.0. The predicted octanol–water partition coefficient (Wildman–Crippen LogP) is 10.8. The first-order valence-corrected chi connectivity index (χ1v) is 23.4. The number of esters is 2. The molecule has 1 aliphatic heterocycles. The summed E-state index contributed by atoms with van der Waals surface area (Å²) in [5.74, 6) is 1.36. The van der Waals surface area contributed by atoms with Crippen molar-refractivity contribution in [3.05, 3.63) is 59.1 Å². The maximum Gasteiger partial charge on any atom is 0.472 e. The summed E-state index contributed by atoms with van der Waals surface area (Å²) in [4.78, 5) is 35.0. The summed E-state index contributed by atoms with van der Waals surface area (Å²) in [5.41, 5.74) is 7.97. The number of hydrogen-bond acceptors (Lipinski definition) is 10. The van der Waals surface area contributed by atoms with Crippen molar-refractivity contribution >= 4 is 19.8 Å².